The van der Waals surface area contributed by atoms with Gasteiger partial charge in [0.15, 0.2) is 0 Å². The predicted octanol–water partition coefficient (Wildman–Crippen LogP) is 3.44. The highest BCUT2D eigenvalue weighted by Crippen LogP contribution is 2.19. The average Bonchev–Trinajstić information content (AvgIpc) is 2.49. The van der Waals surface area contributed by atoms with Gasteiger partial charge >= 0.3 is 0 Å². The van der Waals surface area contributed by atoms with E-state index in [0.717, 1.165) is 0 Å². The molecule has 0 bridgehead atoms. The van der Waals surface area contributed by atoms with E-state index < -0.39 is 10.7 Å². The highest BCUT2D eigenvalue weighted by molar-refractivity contribution is 6.31. The Kier molecular flexibility index (Phi) is 4.90. The quantitative estimate of drug-likeness (QED) is 0.652. The first-order chi connectivity index (χ1) is 10.5. The van der Waals surface area contributed by atoms with Crippen LogP contribution in [0.2, 0.25) is 5.02 Å². The van der Waals surface area contributed by atoms with Crippen LogP contribution < -0.4 is 10.6 Å². The van der Waals surface area contributed by atoms with Crippen LogP contribution >= 0.6 is 11.6 Å². The van der Waals surface area contributed by atoms with Crippen molar-refractivity contribution in [3.8, 4) is 0 Å². The number of nitro groups is 1. The minimum Gasteiger partial charge on any atom is -0.376 e. The smallest absolute Gasteiger partial charge is 0.269 e. The Morgan fingerprint density at radius 1 is 1.18 bits per heavy atom. The largest absolute Gasteiger partial charge is 0.376 e. The Morgan fingerprint density at radius 2 is 1.82 bits per heavy atom. The second-order valence-corrected chi connectivity index (χ2v) is 4.74. The molecule has 2 N–H and O–H groups in total. The lowest BCUT2D eigenvalue weighted by Crippen LogP contribution is -2.21. The molecule has 0 aliphatic carbocycles. The molecule has 0 unspecified atom stereocenters. The fourth-order valence-electron chi connectivity index (χ4n) is 1.66. The number of nitrogens with one attached hydrogen (secondary N) is 2. The van der Waals surface area contributed by atoms with Crippen LogP contribution in [-0.4, -0.2) is 17.4 Å². The number of hydrogen-bond acceptors (Lipinski definition) is 4. The third kappa shape index (κ3) is 4.16. The fraction of sp³-hybridized carbons (Fsp3) is 0.0714. The number of rotatable bonds is 5. The molecule has 0 heterocycles. The molecule has 0 saturated heterocycles. The van der Waals surface area contributed by atoms with E-state index in [-0.39, 0.29) is 23.2 Å². The summed E-state index contributed by atoms with van der Waals surface area (Å²) in [7, 11) is 0. The number of nitrogens with zero attached hydrogens (tertiary/aromatic N) is 1. The van der Waals surface area contributed by atoms with Gasteiger partial charge in [0, 0.05) is 23.5 Å². The molecular weight excluding hydrogens is 313 g/mol. The van der Waals surface area contributed by atoms with E-state index >= 15 is 0 Å². The van der Waals surface area contributed by atoms with E-state index in [1.807, 2.05) is 0 Å². The molecule has 114 valence electrons. The van der Waals surface area contributed by atoms with Crippen molar-refractivity contribution < 1.29 is 14.1 Å². The second kappa shape index (κ2) is 6.86. The zero-order chi connectivity index (χ0) is 16.1. The summed E-state index contributed by atoms with van der Waals surface area (Å²) in [5, 5.41) is 15.8. The van der Waals surface area contributed by atoms with E-state index in [0.29, 0.717) is 11.4 Å². The molecule has 2 rings (SSSR count). The second-order valence-electron chi connectivity index (χ2n) is 4.33. The maximum absolute atomic E-state index is 13.0. The Morgan fingerprint density at radius 3 is 2.41 bits per heavy atom. The van der Waals surface area contributed by atoms with Crippen LogP contribution in [-0.2, 0) is 4.79 Å². The number of benzene rings is 2. The zero-order valence-electron chi connectivity index (χ0n) is 11.2. The minimum atomic E-state index is -0.539. The first-order valence-electron chi connectivity index (χ1n) is 6.19. The van der Waals surface area contributed by atoms with Crippen molar-refractivity contribution in [3.63, 3.8) is 0 Å². The van der Waals surface area contributed by atoms with Crippen molar-refractivity contribution in [2.45, 2.75) is 0 Å². The Bertz CT molecular complexity index is 707. The molecule has 0 atom stereocenters. The predicted molar refractivity (Wildman–Crippen MR) is 81.6 cm³/mol. The number of carbonyl (C=O) groups excluding carboxylic acids is 1. The van der Waals surface area contributed by atoms with Gasteiger partial charge in [-0.05, 0) is 30.3 Å². The van der Waals surface area contributed by atoms with Crippen LogP contribution in [0.1, 0.15) is 0 Å². The van der Waals surface area contributed by atoms with Gasteiger partial charge in [-0.2, -0.15) is 0 Å². The molecule has 0 aliphatic rings. The number of nitro benzene ring substituents is 1. The molecule has 0 spiro atoms. The highest BCUT2D eigenvalue weighted by Gasteiger charge is 2.07. The van der Waals surface area contributed by atoms with Gasteiger partial charge in [0.05, 0.1) is 16.5 Å². The molecule has 0 saturated carbocycles. The van der Waals surface area contributed by atoms with Crippen molar-refractivity contribution >= 4 is 34.6 Å². The zero-order valence-corrected chi connectivity index (χ0v) is 11.9. The molecule has 1 amide bonds. The van der Waals surface area contributed by atoms with Crippen LogP contribution in [0.4, 0.5) is 21.5 Å². The highest BCUT2D eigenvalue weighted by atomic mass is 35.5. The summed E-state index contributed by atoms with van der Waals surface area (Å²) in [6, 6.07) is 9.48. The van der Waals surface area contributed by atoms with Gasteiger partial charge < -0.3 is 10.6 Å². The molecule has 22 heavy (non-hydrogen) atoms. The van der Waals surface area contributed by atoms with Crippen molar-refractivity contribution in [2.24, 2.45) is 0 Å². The summed E-state index contributed by atoms with van der Waals surface area (Å²) >= 11 is 5.63. The number of halogens is 2. The maximum Gasteiger partial charge on any atom is 0.269 e. The molecule has 0 radical (unpaired) electrons. The van der Waals surface area contributed by atoms with Crippen LogP contribution in [0.25, 0.3) is 0 Å². The summed E-state index contributed by atoms with van der Waals surface area (Å²) < 4.78 is 13.0. The number of amides is 1. The Labute approximate surface area is 130 Å². The molecular formula is C14H11ClFN3O3. The molecule has 0 fully saturated rings. The molecule has 8 heteroatoms. The Balaban J connectivity index is 1.89. The lowest BCUT2D eigenvalue weighted by Gasteiger charge is -2.08. The minimum absolute atomic E-state index is 0.0409. The van der Waals surface area contributed by atoms with Crippen molar-refractivity contribution in [3.05, 3.63) is 63.4 Å². The monoisotopic (exact) mass is 323 g/mol. The SMILES string of the molecule is O=C(CNc1ccc(F)c(Cl)c1)Nc1ccc([N+](=O)[O-])cc1. The van der Waals surface area contributed by atoms with Gasteiger partial charge in [-0.15, -0.1) is 0 Å². The summed E-state index contributed by atoms with van der Waals surface area (Å²) in [5.74, 6) is -0.892. The van der Waals surface area contributed by atoms with E-state index in [1.165, 1.54) is 42.5 Å². The number of non-ortho nitro benzene ring substituents is 1. The lowest BCUT2D eigenvalue weighted by atomic mass is 10.3. The fourth-order valence-corrected chi connectivity index (χ4v) is 1.84. The van der Waals surface area contributed by atoms with Crippen molar-refractivity contribution in [2.75, 3.05) is 17.2 Å². The molecule has 2 aromatic rings. The third-order valence-electron chi connectivity index (χ3n) is 2.73. The van der Waals surface area contributed by atoms with Gasteiger partial charge in [-0.1, -0.05) is 11.6 Å². The van der Waals surface area contributed by atoms with Crippen LogP contribution in [0.3, 0.4) is 0 Å². The summed E-state index contributed by atoms with van der Waals surface area (Å²) in [6.45, 7) is -0.0566. The van der Waals surface area contributed by atoms with E-state index in [1.54, 1.807) is 0 Å². The molecule has 6 nitrogen and oxygen atoms in total. The first kappa shape index (κ1) is 15.7. The summed E-state index contributed by atoms with van der Waals surface area (Å²) in [6.07, 6.45) is 0. The van der Waals surface area contributed by atoms with E-state index in [4.69, 9.17) is 11.6 Å². The number of carbonyl (C=O) groups is 1. The molecule has 0 aliphatic heterocycles. The number of hydrogen-bond donors (Lipinski definition) is 2. The standard InChI is InChI=1S/C14H11ClFN3O3/c15-12-7-10(3-6-13(12)16)17-8-14(20)18-9-1-4-11(5-2-9)19(21)22/h1-7,17H,8H2,(H,18,20). The van der Waals surface area contributed by atoms with E-state index in [2.05, 4.69) is 10.6 Å². The molecule has 0 aromatic heterocycles. The Hall–Kier alpha value is -2.67. The van der Waals surface area contributed by atoms with Crippen LogP contribution in [0, 0.1) is 15.9 Å². The molecule has 2 aromatic carbocycles. The summed E-state index contributed by atoms with van der Waals surface area (Å²) in [4.78, 5) is 21.7. The first-order valence-corrected chi connectivity index (χ1v) is 6.57. The average molecular weight is 324 g/mol. The van der Waals surface area contributed by atoms with Crippen LogP contribution in [0.15, 0.2) is 42.5 Å². The third-order valence-corrected chi connectivity index (χ3v) is 3.02. The van der Waals surface area contributed by atoms with E-state index in [9.17, 15) is 19.3 Å². The van der Waals surface area contributed by atoms with Gasteiger partial charge in [0.25, 0.3) is 5.69 Å². The lowest BCUT2D eigenvalue weighted by molar-refractivity contribution is -0.384. The topological polar surface area (TPSA) is 84.3 Å². The van der Waals surface area contributed by atoms with Crippen LogP contribution in [0.5, 0.6) is 0 Å². The van der Waals surface area contributed by atoms with Crippen molar-refractivity contribution in [1.82, 2.24) is 0 Å². The summed E-state index contributed by atoms with van der Waals surface area (Å²) in [5.41, 5.74) is 0.886. The maximum atomic E-state index is 13.0. The van der Waals surface area contributed by atoms with Gasteiger partial charge in [-0.3, -0.25) is 14.9 Å². The normalized spacial score (nSPS) is 10.1. The van der Waals surface area contributed by atoms with Gasteiger partial charge in [-0.25, -0.2) is 4.39 Å². The number of anilines is 2. The van der Waals surface area contributed by atoms with Gasteiger partial charge in [0.2, 0.25) is 5.91 Å². The van der Waals surface area contributed by atoms with Gasteiger partial charge in [0.1, 0.15) is 5.82 Å². The van der Waals surface area contributed by atoms with Crippen molar-refractivity contribution in [1.29, 1.82) is 0 Å².